The number of nitrogens with one attached hydrogen (secondary N) is 1. The minimum atomic E-state index is 0.711. The second kappa shape index (κ2) is 3.04. The summed E-state index contributed by atoms with van der Waals surface area (Å²) in [5.41, 5.74) is 3.79. The summed E-state index contributed by atoms with van der Waals surface area (Å²) in [6, 6.07) is 9.77. The van der Waals surface area contributed by atoms with Crippen molar-refractivity contribution in [2.75, 3.05) is 7.05 Å². The van der Waals surface area contributed by atoms with Crippen LogP contribution in [0.4, 0.5) is 0 Å². The highest BCUT2D eigenvalue weighted by Gasteiger charge is 2.17. The van der Waals surface area contributed by atoms with E-state index >= 15 is 0 Å². The van der Waals surface area contributed by atoms with E-state index in [1.54, 1.807) is 12.2 Å². The summed E-state index contributed by atoms with van der Waals surface area (Å²) in [6.45, 7) is 0. The Hall–Kier alpha value is -1.59. The molecule has 1 aromatic rings. The molecule has 2 rings (SSSR count). The van der Waals surface area contributed by atoms with Crippen LogP contribution in [0.25, 0.3) is 0 Å². The van der Waals surface area contributed by atoms with E-state index in [0.717, 1.165) is 5.56 Å². The van der Waals surface area contributed by atoms with E-state index in [9.17, 15) is 0 Å². The van der Waals surface area contributed by atoms with Gasteiger partial charge in [0.15, 0.2) is 5.84 Å². The molecule has 13 heavy (non-hydrogen) atoms. The van der Waals surface area contributed by atoms with Crippen molar-refractivity contribution in [2.45, 2.75) is 0 Å². The maximum atomic E-state index is 5.65. The molecule has 1 aliphatic rings. The largest absolute Gasteiger partial charge is 0.229 e. The molecule has 1 heterocycles. The SMILES string of the molecule is CN1N=C(c2ccccc2)N(N)N1. The summed E-state index contributed by atoms with van der Waals surface area (Å²) in [5.74, 6) is 6.36. The lowest BCUT2D eigenvalue weighted by Gasteiger charge is -2.13. The van der Waals surface area contributed by atoms with E-state index < -0.39 is 0 Å². The zero-order chi connectivity index (χ0) is 9.26. The summed E-state index contributed by atoms with van der Waals surface area (Å²) >= 11 is 0. The predicted molar refractivity (Wildman–Crippen MR) is 49.9 cm³/mol. The lowest BCUT2D eigenvalue weighted by molar-refractivity contribution is 0.146. The summed E-state index contributed by atoms with van der Waals surface area (Å²) in [5, 5.41) is 7.12. The Morgan fingerprint density at radius 1 is 1.31 bits per heavy atom. The lowest BCUT2D eigenvalue weighted by atomic mass is 10.2. The van der Waals surface area contributed by atoms with Crippen LogP contribution in [0.2, 0.25) is 0 Å². The van der Waals surface area contributed by atoms with Gasteiger partial charge in [-0.05, 0) is 0 Å². The molecule has 0 amide bonds. The van der Waals surface area contributed by atoms with Crippen molar-refractivity contribution in [3.8, 4) is 0 Å². The number of nitrogens with zero attached hydrogens (tertiary/aromatic N) is 3. The van der Waals surface area contributed by atoms with Gasteiger partial charge < -0.3 is 0 Å². The standard InChI is InChI=1S/C8H11N5/c1-12-10-8(13(9)11-12)7-5-3-2-4-6-7/h2-6,11H,9H2,1H3. The molecule has 5 heteroatoms. The number of nitrogens with two attached hydrogens (primary N) is 1. The van der Waals surface area contributed by atoms with Crippen LogP contribution in [0.3, 0.4) is 0 Å². The van der Waals surface area contributed by atoms with Crippen molar-refractivity contribution in [1.82, 2.24) is 15.8 Å². The van der Waals surface area contributed by atoms with Crippen LogP contribution >= 0.6 is 0 Å². The van der Waals surface area contributed by atoms with Crippen molar-refractivity contribution in [2.24, 2.45) is 10.9 Å². The van der Waals surface area contributed by atoms with Crippen LogP contribution < -0.4 is 11.4 Å². The number of rotatable bonds is 1. The topological polar surface area (TPSA) is 56.9 Å². The van der Waals surface area contributed by atoms with E-state index in [1.165, 1.54) is 5.12 Å². The van der Waals surface area contributed by atoms with E-state index in [1.807, 2.05) is 30.3 Å². The molecule has 0 aliphatic carbocycles. The van der Waals surface area contributed by atoms with Gasteiger partial charge in [0, 0.05) is 12.6 Å². The van der Waals surface area contributed by atoms with Crippen LogP contribution in [-0.2, 0) is 0 Å². The Bertz CT molecular complexity index is 321. The molecule has 0 spiro atoms. The van der Waals surface area contributed by atoms with E-state index in [4.69, 9.17) is 5.84 Å². The Balaban J connectivity index is 2.32. The molecule has 0 saturated carbocycles. The van der Waals surface area contributed by atoms with Gasteiger partial charge in [-0.1, -0.05) is 30.3 Å². The van der Waals surface area contributed by atoms with Crippen molar-refractivity contribution in [3.63, 3.8) is 0 Å². The summed E-state index contributed by atoms with van der Waals surface area (Å²) in [6.07, 6.45) is 0. The molecule has 68 valence electrons. The smallest absolute Gasteiger partial charge is 0.188 e. The Labute approximate surface area is 76.3 Å². The zero-order valence-electron chi connectivity index (χ0n) is 7.31. The highest BCUT2D eigenvalue weighted by atomic mass is 16.0. The van der Waals surface area contributed by atoms with Crippen LogP contribution in [0.1, 0.15) is 5.56 Å². The van der Waals surface area contributed by atoms with Gasteiger partial charge in [0.1, 0.15) is 0 Å². The first-order valence-corrected chi connectivity index (χ1v) is 3.96. The fourth-order valence-electron chi connectivity index (χ4n) is 1.20. The van der Waals surface area contributed by atoms with E-state index in [0.29, 0.717) is 5.84 Å². The molecule has 0 aromatic heterocycles. The summed E-state index contributed by atoms with van der Waals surface area (Å²) in [4.78, 5) is 0. The highest BCUT2D eigenvalue weighted by Crippen LogP contribution is 2.06. The number of hydrazine groups is 3. The maximum absolute atomic E-state index is 5.65. The first-order valence-electron chi connectivity index (χ1n) is 3.96. The first kappa shape index (κ1) is 8.03. The van der Waals surface area contributed by atoms with Crippen LogP contribution in [0, 0.1) is 0 Å². The third-order valence-electron chi connectivity index (χ3n) is 1.76. The molecule has 0 fully saturated rings. The van der Waals surface area contributed by atoms with E-state index in [2.05, 4.69) is 10.6 Å². The minimum Gasteiger partial charge on any atom is -0.229 e. The third-order valence-corrected chi connectivity index (χ3v) is 1.76. The molecule has 0 unspecified atom stereocenters. The molecule has 3 N–H and O–H groups in total. The van der Waals surface area contributed by atoms with Gasteiger partial charge in [-0.3, -0.25) is 0 Å². The monoisotopic (exact) mass is 177 g/mol. The number of hydrogen-bond acceptors (Lipinski definition) is 5. The van der Waals surface area contributed by atoms with Gasteiger partial charge in [-0.15, -0.1) is 10.6 Å². The molecule has 1 aromatic carbocycles. The van der Waals surface area contributed by atoms with Crippen LogP contribution in [-0.4, -0.2) is 23.1 Å². The average molecular weight is 177 g/mol. The van der Waals surface area contributed by atoms with Gasteiger partial charge in [-0.2, -0.15) is 0 Å². The molecule has 0 radical (unpaired) electrons. The third kappa shape index (κ3) is 1.47. The van der Waals surface area contributed by atoms with Crippen LogP contribution in [0.15, 0.2) is 35.4 Å². The van der Waals surface area contributed by atoms with Gasteiger partial charge >= 0.3 is 0 Å². The molecule has 0 saturated heterocycles. The Morgan fingerprint density at radius 2 is 2.00 bits per heavy atom. The van der Waals surface area contributed by atoms with Crippen molar-refractivity contribution in [1.29, 1.82) is 0 Å². The first-order chi connectivity index (χ1) is 6.27. The lowest BCUT2D eigenvalue weighted by Crippen LogP contribution is -2.46. The molecular weight excluding hydrogens is 166 g/mol. The average Bonchev–Trinajstić information content (AvgIpc) is 2.47. The number of amidine groups is 1. The fraction of sp³-hybridized carbons (Fsp3) is 0.125. The minimum absolute atomic E-state index is 0.711. The molecule has 0 bridgehead atoms. The Morgan fingerprint density at radius 3 is 2.54 bits per heavy atom. The normalized spacial score (nSPS) is 16.3. The number of hydrogen-bond donors (Lipinski definition) is 2. The number of benzene rings is 1. The second-order valence-electron chi connectivity index (χ2n) is 2.78. The summed E-state index contributed by atoms with van der Waals surface area (Å²) < 4.78 is 0. The Kier molecular flexibility index (Phi) is 1.88. The van der Waals surface area contributed by atoms with Crippen molar-refractivity contribution in [3.05, 3.63) is 35.9 Å². The van der Waals surface area contributed by atoms with E-state index in [-0.39, 0.29) is 0 Å². The molecular formula is C8H11N5. The maximum Gasteiger partial charge on any atom is 0.188 e. The van der Waals surface area contributed by atoms with Gasteiger partial charge in [0.25, 0.3) is 0 Å². The van der Waals surface area contributed by atoms with Gasteiger partial charge in [0.2, 0.25) is 0 Å². The highest BCUT2D eigenvalue weighted by molar-refractivity contribution is 5.98. The zero-order valence-corrected chi connectivity index (χ0v) is 7.31. The van der Waals surface area contributed by atoms with Crippen molar-refractivity contribution >= 4 is 5.84 Å². The number of hydrazone groups is 1. The summed E-state index contributed by atoms with van der Waals surface area (Å²) in [7, 11) is 1.79. The van der Waals surface area contributed by atoms with Crippen LogP contribution in [0.5, 0.6) is 0 Å². The fourth-order valence-corrected chi connectivity index (χ4v) is 1.20. The second-order valence-corrected chi connectivity index (χ2v) is 2.78. The quantitative estimate of drug-likeness (QED) is 0.588. The van der Waals surface area contributed by atoms with Gasteiger partial charge in [-0.25, -0.2) is 16.1 Å². The molecule has 0 atom stereocenters. The van der Waals surface area contributed by atoms with Gasteiger partial charge in [0.05, 0.1) is 0 Å². The van der Waals surface area contributed by atoms with Crippen molar-refractivity contribution < 1.29 is 0 Å². The predicted octanol–water partition coefficient (Wildman–Crippen LogP) is -0.111. The molecule has 5 nitrogen and oxygen atoms in total. The molecule has 1 aliphatic heterocycles.